The van der Waals surface area contributed by atoms with E-state index < -0.39 is 0 Å². The maximum Gasteiger partial charge on any atom is 0.101 e. The van der Waals surface area contributed by atoms with Gasteiger partial charge in [-0.1, -0.05) is 41.6 Å². The van der Waals surface area contributed by atoms with E-state index in [0.717, 1.165) is 33.6 Å². The maximum atomic E-state index is 6.13. The molecule has 0 atom stereocenters. The highest BCUT2D eigenvalue weighted by Gasteiger charge is 2.03. The lowest BCUT2D eigenvalue weighted by molar-refractivity contribution is 0.199. The molecule has 0 saturated heterocycles. The Bertz CT molecular complexity index is 534. The molecule has 0 amide bonds. The molecule has 1 heterocycles. The summed E-state index contributed by atoms with van der Waals surface area (Å²) in [6, 6.07) is 11.9. The smallest absolute Gasteiger partial charge is 0.101 e. The zero-order valence-electron chi connectivity index (χ0n) is 11.3. The summed E-state index contributed by atoms with van der Waals surface area (Å²) < 4.78 is 4.98. The summed E-state index contributed by atoms with van der Waals surface area (Å²) in [7, 11) is 1.70. The van der Waals surface area contributed by atoms with Crippen LogP contribution in [0, 0.1) is 0 Å². The third-order valence-corrected chi connectivity index (χ3v) is 4.13. The lowest BCUT2D eigenvalue weighted by Gasteiger charge is -2.06. The second-order valence-corrected chi connectivity index (χ2v) is 5.68. The maximum absolute atomic E-state index is 6.13. The van der Waals surface area contributed by atoms with Gasteiger partial charge in [0, 0.05) is 31.3 Å². The first-order valence-corrected chi connectivity index (χ1v) is 7.56. The quantitative estimate of drug-likeness (QED) is 0.792. The van der Waals surface area contributed by atoms with Crippen LogP contribution in [0.1, 0.15) is 5.56 Å². The number of halogens is 1. The number of pyridine rings is 1. The normalized spacial score (nSPS) is 10.7. The van der Waals surface area contributed by atoms with Gasteiger partial charge in [0.15, 0.2) is 0 Å². The fourth-order valence-corrected chi connectivity index (χ4v) is 2.65. The molecule has 0 aliphatic heterocycles. The largest absolute Gasteiger partial charge is 0.383 e. The summed E-state index contributed by atoms with van der Waals surface area (Å²) in [4.78, 5) is 5.47. The van der Waals surface area contributed by atoms with Crippen molar-refractivity contribution in [1.82, 2.24) is 10.3 Å². The van der Waals surface area contributed by atoms with Crippen LogP contribution in [0.25, 0.3) is 0 Å². The van der Waals surface area contributed by atoms with Crippen molar-refractivity contribution in [2.24, 2.45) is 0 Å². The standard InChI is InChI=1S/C15H17ClN2OS/c1-19-9-8-17-10-12-6-7-15(18-11-12)20-14-5-3-2-4-13(14)16/h2-7,11,17H,8-10H2,1H3. The van der Waals surface area contributed by atoms with Crippen LogP contribution >= 0.6 is 23.4 Å². The zero-order chi connectivity index (χ0) is 14.2. The average molecular weight is 309 g/mol. The van der Waals surface area contributed by atoms with Crippen LogP contribution < -0.4 is 5.32 Å². The Hall–Kier alpha value is -1.07. The third kappa shape index (κ3) is 4.80. The van der Waals surface area contributed by atoms with Crippen molar-refractivity contribution in [3.63, 3.8) is 0 Å². The first-order chi connectivity index (χ1) is 9.79. The van der Waals surface area contributed by atoms with Crippen molar-refractivity contribution in [3.05, 3.63) is 53.2 Å². The first kappa shape index (κ1) is 15.3. The Kier molecular flexibility index (Phi) is 6.33. The van der Waals surface area contributed by atoms with Gasteiger partial charge in [0.25, 0.3) is 0 Å². The molecule has 0 radical (unpaired) electrons. The second kappa shape index (κ2) is 8.27. The molecule has 0 aliphatic carbocycles. The van der Waals surface area contributed by atoms with E-state index in [1.165, 1.54) is 0 Å². The van der Waals surface area contributed by atoms with Gasteiger partial charge in [0.1, 0.15) is 5.03 Å². The molecule has 2 aromatic rings. The van der Waals surface area contributed by atoms with Crippen molar-refractivity contribution in [2.45, 2.75) is 16.5 Å². The predicted molar refractivity (Wildman–Crippen MR) is 83.4 cm³/mol. The fraction of sp³-hybridized carbons (Fsp3) is 0.267. The molecule has 2 rings (SSSR count). The molecule has 0 unspecified atom stereocenters. The third-order valence-electron chi connectivity index (χ3n) is 2.66. The zero-order valence-corrected chi connectivity index (χ0v) is 12.9. The van der Waals surface area contributed by atoms with Crippen molar-refractivity contribution >= 4 is 23.4 Å². The molecule has 0 spiro atoms. The van der Waals surface area contributed by atoms with Crippen molar-refractivity contribution in [3.8, 4) is 0 Å². The highest BCUT2D eigenvalue weighted by molar-refractivity contribution is 7.99. The highest BCUT2D eigenvalue weighted by atomic mass is 35.5. The molecular weight excluding hydrogens is 292 g/mol. The number of rotatable bonds is 7. The van der Waals surface area contributed by atoms with Crippen molar-refractivity contribution in [2.75, 3.05) is 20.3 Å². The number of benzene rings is 1. The number of aromatic nitrogens is 1. The molecule has 0 fully saturated rings. The summed E-state index contributed by atoms with van der Waals surface area (Å²) in [5.41, 5.74) is 1.16. The van der Waals surface area contributed by atoms with E-state index in [-0.39, 0.29) is 0 Å². The highest BCUT2D eigenvalue weighted by Crippen LogP contribution is 2.31. The van der Waals surface area contributed by atoms with Crippen LogP contribution in [0.2, 0.25) is 5.02 Å². The molecular formula is C15H17ClN2OS. The molecule has 0 bridgehead atoms. The number of hydrogen-bond acceptors (Lipinski definition) is 4. The van der Waals surface area contributed by atoms with E-state index in [1.54, 1.807) is 18.9 Å². The molecule has 3 nitrogen and oxygen atoms in total. The average Bonchev–Trinajstić information content (AvgIpc) is 2.48. The number of nitrogens with zero attached hydrogens (tertiary/aromatic N) is 1. The SMILES string of the molecule is COCCNCc1ccc(Sc2ccccc2Cl)nc1. The minimum absolute atomic E-state index is 0.716. The number of methoxy groups -OCH3 is 1. The molecule has 1 N–H and O–H groups in total. The van der Waals surface area contributed by atoms with E-state index in [1.807, 2.05) is 36.5 Å². The Morgan fingerprint density at radius 1 is 1.25 bits per heavy atom. The molecule has 1 aromatic heterocycles. The van der Waals surface area contributed by atoms with Gasteiger partial charge < -0.3 is 10.1 Å². The summed E-state index contributed by atoms with van der Waals surface area (Å²) in [5, 5.41) is 4.99. The predicted octanol–water partition coefficient (Wildman–Crippen LogP) is 3.62. The van der Waals surface area contributed by atoms with Crippen molar-refractivity contribution in [1.29, 1.82) is 0 Å². The van der Waals surface area contributed by atoms with E-state index in [2.05, 4.69) is 16.4 Å². The molecule has 20 heavy (non-hydrogen) atoms. The van der Waals surface area contributed by atoms with Gasteiger partial charge in [0.05, 0.1) is 11.6 Å². The van der Waals surface area contributed by atoms with Crippen LogP contribution in [0.3, 0.4) is 0 Å². The number of ether oxygens (including phenoxy) is 1. The summed E-state index contributed by atoms with van der Waals surface area (Å²) >= 11 is 7.70. The monoisotopic (exact) mass is 308 g/mol. The van der Waals surface area contributed by atoms with Gasteiger partial charge in [-0.3, -0.25) is 0 Å². The van der Waals surface area contributed by atoms with Gasteiger partial charge in [-0.15, -0.1) is 0 Å². The Balaban J connectivity index is 1.90. The summed E-state index contributed by atoms with van der Waals surface area (Å²) in [6.07, 6.45) is 1.89. The van der Waals surface area contributed by atoms with Crippen molar-refractivity contribution < 1.29 is 4.74 Å². The molecule has 5 heteroatoms. The van der Waals surface area contributed by atoms with E-state index in [0.29, 0.717) is 6.61 Å². The molecule has 106 valence electrons. The van der Waals surface area contributed by atoms with Crippen LogP contribution in [0.4, 0.5) is 0 Å². The molecule has 0 saturated carbocycles. The van der Waals surface area contributed by atoms with Crippen LogP contribution in [-0.4, -0.2) is 25.2 Å². The topological polar surface area (TPSA) is 34.1 Å². The van der Waals surface area contributed by atoms with E-state index in [4.69, 9.17) is 16.3 Å². The molecule has 0 aliphatic rings. The second-order valence-electron chi connectivity index (χ2n) is 4.21. The van der Waals surface area contributed by atoms with E-state index >= 15 is 0 Å². The Morgan fingerprint density at radius 3 is 2.80 bits per heavy atom. The summed E-state index contributed by atoms with van der Waals surface area (Å²) in [5.74, 6) is 0. The number of nitrogens with one attached hydrogen (secondary N) is 1. The molecule has 1 aromatic carbocycles. The van der Waals surface area contributed by atoms with E-state index in [9.17, 15) is 0 Å². The Labute approximate surface area is 128 Å². The van der Waals surface area contributed by atoms with Gasteiger partial charge in [-0.25, -0.2) is 4.98 Å². The first-order valence-electron chi connectivity index (χ1n) is 6.36. The lowest BCUT2D eigenvalue weighted by Crippen LogP contribution is -2.18. The van der Waals surface area contributed by atoms with Gasteiger partial charge in [-0.05, 0) is 23.8 Å². The minimum atomic E-state index is 0.716. The number of hydrogen-bond donors (Lipinski definition) is 1. The van der Waals surface area contributed by atoms with Gasteiger partial charge in [-0.2, -0.15) is 0 Å². The minimum Gasteiger partial charge on any atom is -0.383 e. The van der Waals surface area contributed by atoms with Crippen LogP contribution in [0.15, 0.2) is 52.5 Å². The van der Waals surface area contributed by atoms with Crippen LogP contribution in [-0.2, 0) is 11.3 Å². The van der Waals surface area contributed by atoms with Crippen LogP contribution in [0.5, 0.6) is 0 Å². The van der Waals surface area contributed by atoms with Gasteiger partial charge in [0.2, 0.25) is 0 Å². The lowest BCUT2D eigenvalue weighted by atomic mass is 10.3. The van der Waals surface area contributed by atoms with Gasteiger partial charge >= 0.3 is 0 Å². The summed E-state index contributed by atoms with van der Waals surface area (Å²) in [6.45, 7) is 2.36. The fourth-order valence-electron chi connectivity index (χ4n) is 1.62. The Morgan fingerprint density at radius 2 is 2.10 bits per heavy atom.